The second kappa shape index (κ2) is 3.55. The fraction of sp³-hybridized carbons (Fsp3) is 1.00. The summed E-state index contributed by atoms with van der Waals surface area (Å²) in [6.07, 6.45) is 0.512. The Hall–Kier alpha value is 1.45. The van der Waals surface area contributed by atoms with Crippen LogP contribution in [0.5, 0.6) is 0 Å². The topological polar surface area (TPSA) is 9.23 Å². The monoisotopic (exact) mass is 204 g/mol. The second-order valence-electron chi connectivity index (χ2n) is 3.53. The van der Waals surface area contributed by atoms with Crippen molar-refractivity contribution in [2.24, 2.45) is 5.92 Å². The van der Waals surface area contributed by atoms with Gasteiger partial charge in [0, 0.05) is 13.2 Å². The minimum atomic E-state index is -4.62. The van der Waals surface area contributed by atoms with Crippen LogP contribution in [0.3, 0.4) is 0 Å². The number of fused-ring (bicyclic) bond motifs is 1. The van der Waals surface area contributed by atoms with Crippen LogP contribution in [-0.2, 0) is 4.74 Å². The molecule has 1 nitrogen and oxygen atoms in total. The predicted molar refractivity (Wildman–Crippen MR) is 35.3 cm³/mol. The summed E-state index contributed by atoms with van der Waals surface area (Å²) in [5, 5.41) is -1.28. The summed E-state index contributed by atoms with van der Waals surface area (Å²) >= 11 is 0. The van der Waals surface area contributed by atoms with Gasteiger partial charge in [-0.25, -0.2) is 0 Å². The summed E-state index contributed by atoms with van der Waals surface area (Å²) in [7, 11) is 0. The van der Waals surface area contributed by atoms with Crippen LogP contribution in [-0.4, -0.2) is 20.2 Å². The van der Waals surface area contributed by atoms with Crippen molar-refractivity contribution in [1.82, 2.24) is 0 Å². The Bertz CT molecular complexity index is 186. The molecule has 0 spiro atoms. The van der Waals surface area contributed by atoms with E-state index >= 15 is 0 Å². The number of rotatable bonds is 1. The van der Waals surface area contributed by atoms with E-state index in [0.29, 0.717) is 13.0 Å². The average Bonchev–Trinajstić information content (AvgIpc) is 2.59. The molecule has 2 atom stereocenters. The maximum atomic E-state index is 12.4. The Morgan fingerprint density at radius 1 is 1.33 bits per heavy atom. The van der Waals surface area contributed by atoms with Crippen molar-refractivity contribution in [2.45, 2.75) is 18.2 Å². The van der Waals surface area contributed by atoms with Crippen molar-refractivity contribution < 1.29 is 69.1 Å². The van der Waals surface area contributed by atoms with E-state index in [2.05, 4.69) is 0 Å². The maximum Gasteiger partial charge on any atom is 1.00 e. The van der Waals surface area contributed by atoms with E-state index in [1.54, 1.807) is 0 Å². The molecule has 0 aromatic carbocycles. The summed E-state index contributed by atoms with van der Waals surface area (Å²) in [4.78, 5) is 0. The van der Waals surface area contributed by atoms with Crippen LogP contribution in [0.4, 0.5) is 12.9 Å². The zero-order valence-electron chi connectivity index (χ0n) is 7.03. The molecule has 1 saturated heterocycles. The normalized spacial score (nSPS) is 39.8. The fourth-order valence-electron chi connectivity index (χ4n) is 1.98. The van der Waals surface area contributed by atoms with Gasteiger partial charge >= 0.3 is 58.4 Å². The van der Waals surface area contributed by atoms with Crippen LogP contribution >= 0.6 is 0 Å². The van der Waals surface area contributed by atoms with E-state index in [9.17, 15) is 12.9 Å². The predicted octanol–water partition coefficient (Wildman–Crippen LogP) is -0.982. The van der Waals surface area contributed by atoms with Crippen molar-refractivity contribution in [1.29, 1.82) is 0 Å². The molecule has 2 fully saturated rings. The summed E-state index contributed by atoms with van der Waals surface area (Å²) in [5.41, 5.74) is 0. The minimum absolute atomic E-state index is 0. The molecule has 0 radical (unpaired) electrons. The van der Waals surface area contributed by atoms with E-state index in [1.807, 2.05) is 0 Å². The van der Waals surface area contributed by atoms with Gasteiger partial charge < -0.3 is 17.7 Å². The fourth-order valence-corrected chi connectivity index (χ4v) is 1.98. The van der Waals surface area contributed by atoms with Crippen molar-refractivity contribution in [3.05, 3.63) is 0 Å². The van der Waals surface area contributed by atoms with E-state index in [0.717, 1.165) is 0 Å². The van der Waals surface area contributed by atoms with Crippen LogP contribution in [0.15, 0.2) is 0 Å². The van der Waals surface area contributed by atoms with Crippen LogP contribution < -0.4 is 51.4 Å². The summed E-state index contributed by atoms with van der Waals surface area (Å²) in [5.74, 6) is -0.212. The van der Waals surface area contributed by atoms with Gasteiger partial charge in [-0.05, 0) is 12.3 Å². The smallest absolute Gasteiger partial charge is 0.449 e. The number of ether oxygens (including phenoxy) is 1. The third kappa shape index (κ3) is 1.66. The van der Waals surface area contributed by atoms with Gasteiger partial charge in [0.2, 0.25) is 0 Å². The first-order valence-corrected chi connectivity index (χ1v) is 3.83. The third-order valence-corrected chi connectivity index (χ3v) is 2.96. The third-order valence-electron chi connectivity index (χ3n) is 2.96. The molecule has 0 N–H and O–H groups in total. The summed E-state index contributed by atoms with van der Waals surface area (Å²) < 4.78 is 42.1. The van der Waals surface area contributed by atoms with Crippen molar-refractivity contribution >= 4 is 6.98 Å². The maximum absolute atomic E-state index is 12.4. The van der Waals surface area contributed by atoms with Crippen molar-refractivity contribution in [2.75, 3.05) is 13.2 Å². The van der Waals surface area contributed by atoms with Gasteiger partial charge in [0.25, 0.3) is 0 Å². The van der Waals surface area contributed by atoms with Crippen LogP contribution in [0.1, 0.15) is 12.8 Å². The number of hydrogen-bond acceptors (Lipinski definition) is 1. The molecule has 1 heterocycles. The Kier molecular flexibility index (Phi) is 3.41. The zero-order valence-corrected chi connectivity index (χ0v) is 10.1. The molecule has 1 aliphatic heterocycles. The Balaban J connectivity index is 0.000000720. The van der Waals surface area contributed by atoms with E-state index in [-0.39, 0.29) is 70.3 Å². The molecule has 0 bridgehead atoms. The van der Waals surface area contributed by atoms with E-state index in [1.165, 1.54) is 0 Å². The van der Waals surface area contributed by atoms with Gasteiger partial charge in [-0.15, -0.1) is 0 Å². The van der Waals surface area contributed by atoms with E-state index in [4.69, 9.17) is 4.74 Å². The van der Waals surface area contributed by atoms with Crippen LogP contribution in [0.2, 0.25) is 5.31 Å². The molecular formula is C6H9BF3KO. The van der Waals surface area contributed by atoms with Crippen molar-refractivity contribution in [3.63, 3.8) is 0 Å². The summed E-state index contributed by atoms with van der Waals surface area (Å²) in [6, 6.07) is 0. The first-order chi connectivity index (χ1) is 5.06. The Labute approximate surface area is 112 Å². The first kappa shape index (κ1) is 11.5. The van der Waals surface area contributed by atoms with Gasteiger partial charge in [-0.1, -0.05) is 11.7 Å². The van der Waals surface area contributed by atoms with Gasteiger partial charge in [0.1, 0.15) is 0 Å². The van der Waals surface area contributed by atoms with Gasteiger partial charge in [-0.3, -0.25) is 0 Å². The molecule has 1 saturated carbocycles. The van der Waals surface area contributed by atoms with Crippen LogP contribution in [0.25, 0.3) is 0 Å². The molecule has 0 aromatic rings. The van der Waals surface area contributed by atoms with Crippen LogP contribution in [0, 0.1) is 5.92 Å². The average molecular weight is 204 g/mol. The van der Waals surface area contributed by atoms with E-state index < -0.39 is 12.3 Å². The Morgan fingerprint density at radius 2 is 2.00 bits per heavy atom. The SMILES string of the molecule is F[B-](F)(F)[C@@]12CCOC[C@@H]1C2.[K+]. The quantitative estimate of drug-likeness (QED) is 0.499. The molecule has 0 aromatic heterocycles. The molecule has 6 heteroatoms. The van der Waals surface area contributed by atoms with Gasteiger partial charge in [0.05, 0.1) is 0 Å². The van der Waals surface area contributed by atoms with Gasteiger partial charge in [-0.2, -0.15) is 0 Å². The molecule has 64 valence electrons. The Morgan fingerprint density at radius 3 is 2.42 bits per heavy atom. The zero-order chi connectivity index (χ0) is 8.11. The standard InChI is InChI=1S/C6H9BF3O.K/c8-7(9,10)6-1-2-11-4-5(6)3-6;/h5H,1-4H2;/q-1;+1/t5-,6+;/m0./s1. The molecule has 2 rings (SSSR count). The van der Waals surface area contributed by atoms with Gasteiger partial charge in [0.15, 0.2) is 0 Å². The second-order valence-corrected chi connectivity index (χ2v) is 3.53. The first-order valence-electron chi connectivity index (χ1n) is 3.83. The molecule has 12 heavy (non-hydrogen) atoms. The molecule has 1 aliphatic carbocycles. The largest absolute Gasteiger partial charge is 1.00 e. The molecular weight excluding hydrogens is 195 g/mol. The molecule has 0 amide bonds. The molecule has 0 unspecified atom stereocenters. The minimum Gasteiger partial charge on any atom is -0.449 e. The number of hydrogen-bond donors (Lipinski definition) is 0. The van der Waals surface area contributed by atoms with Crippen molar-refractivity contribution in [3.8, 4) is 0 Å². The molecule has 2 aliphatic rings. The summed E-state index contributed by atoms with van der Waals surface area (Å²) in [6.45, 7) is -4.01. The number of halogens is 3.